The summed E-state index contributed by atoms with van der Waals surface area (Å²) in [6.45, 7) is 6.83. The SMILES string of the molecule is Cc1cn2c(C(=O)N[C@@H](CCC(=O)C(=O)NC(C)(C)C)C(=O)Nc3cccn(CC(=O)NC4C5CC6CC(C5)CC4C6)c3=O)csc2n1. The molecule has 4 fully saturated rings. The van der Waals surface area contributed by atoms with Crippen LogP contribution < -0.4 is 26.8 Å². The second-order valence-corrected chi connectivity index (χ2v) is 15.6. The third kappa shape index (κ3) is 7.38. The van der Waals surface area contributed by atoms with Gasteiger partial charge in [-0.1, -0.05) is 0 Å². The molecule has 4 bridgehead atoms. The molecule has 0 radical (unpaired) electrons. The van der Waals surface area contributed by atoms with E-state index in [-0.39, 0.29) is 42.7 Å². The van der Waals surface area contributed by atoms with E-state index in [1.807, 2.05) is 0 Å². The normalized spacial score (nSPS) is 23.5. The average Bonchev–Trinajstić information content (AvgIpc) is 3.56. The first kappa shape index (κ1) is 33.6. The maximum atomic E-state index is 13.6. The number of Topliss-reactive ketones (excluding diaryl/α,β-unsaturated/α-hetero) is 1. The van der Waals surface area contributed by atoms with Gasteiger partial charge in [0.1, 0.15) is 24.0 Å². The van der Waals surface area contributed by atoms with Gasteiger partial charge in [0.25, 0.3) is 17.4 Å². The molecule has 4 aliphatic carbocycles. The molecule has 0 saturated heterocycles. The lowest BCUT2D eigenvalue weighted by Gasteiger charge is -2.54. The number of carbonyl (C=O) groups is 5. The van der Waals surface area contributed by atoms with Crippen molar-refractivity contribution in [3.05, 3.63) is 51.6 Å². The zero-order valence-corrected chi connectivity index (χ0v) is 28.5. The molecule has 0 aromatic carbocycles. The third-order valence-corrected chi connectivity index (χ3v) is 10.6. The lowest BCUT2D eigenvalue weighted by Crippen LogP contribution is -2.56. The summed E-state index contributed by atoms with van der Waals surface area (Å²) >= 11 is 1.26. The number of thiazole rings is 1. The van der Waals surface area contributed by atoms with Crippen molar-refractivity contribution in [2.75, 3.05) is 5.32 Å². The number of ketones is 1. The molecule has 0 aliphatic heterocycles. The van der Waals surface area contributed by atoms with E-state index in [4.69, 9.17) is 0 Å². The highest BCUT2D eigenvalue weighted by atomic mass is 32.1. The minimum absolute atomic E-state index is 0.0795. The Morgan fingerprint density at radius 2 is 1.73 bits per heavy atom. The Kier molecular flexibility index (Phi) is 9.29. The fourth-order valence-corrected chi connectivity index (χ4v) is 8.78. The van der Waals surface area contributed by atoms with Gasteiger partial charge in [-0.2, -0.15) is 0 Å². The van der Waals surface area contributed by atoms with Gasteiger partial charge < -0.3 is 25.8 Å². The first-order valence-corrected chi connectivity index (χ1v) is 17.5. The summed E-state index contributed by atoms with van der Waals surface area (Å²) in [5.74, 6) is -0.567. The highest BCUT2D eigenvalue weighted by molar-refractivity contribution is 7.15. The molecule has 4 aliphatic rings. The number of anilines is 1. The highest BCUT2D eigenvalue weighted by Gasteiger charge is 2.48. The van der Waals surface area contributed by atoms with E-state index in [0.717, 1.165) is 37.5 Å². The van der Waals surface area contributed by atoms with Crippen LogP contribution in [0.3, 0.4) is 0 Å². The van der Waals surface area contributed by atoms with Crippen LogP contribution in [0.2, 0.25) is 0 Å². The van der Waals surface area contributed by atoms with Gasteiger partial charge in [0.15, 0.2) is 4.96 Å². The second-order valence-electron chi connectivity index (χ2n) is 14.7. The van der Waals surface area contributed by atoms with Crippen LogP contribution in [0.1, 0.15) is 81.9 Å². The number of nitrogens with zero attached hydrogens (tertiary/aromatic N) is 3. The van der Waals surface area contributed by atoms with Gasteiger partial charge in [-0.25, -0.2) is 4.98 Å². The number of carbonyl (C=O) groups excluding carboxylic acids is 5. The molecule has 48 heavy (non-hydrogen) atoms. The van der Waals surface area contributed by atoms with Crippen molar-refractivity contribution in [3.8, 4) is 0 Å². The van der Waals surface area contributed by atoms with E-state index in [1.165, 1.54) is 34.6 Å². The van der Waals surface area contributed by atoms with Gasteiger partial charge in [-0.05, 0) is 102 Å². The van der Waals surface area contributed by atoms with Crippen molar-refractivity contribution in [2.24, 2.45) is 23.7 Å². The Balaban J connectivity index is 1.14. The summed E-state index contributed by atoms with van der Waals surface area (Å²) in [5.41, 5.74) is -0.329. The number of hydrogen-bond acceptors (Lipinski definition) is 8. The minimum Gasteiger partial charge on any atom is -0.351 e. The monoisotopic (exact) mass is 677 g/mol. The van der Waals surface area contributed by atoms with Gasteiger partial charge in [0.05, 0.1) is 5.69 Å². The molecule has 3 heterocycles. The molecule has 4 N–H and O–H groups in total. The van der Waals surface area contributed by atoms with E-state index < -0.39 is 40.6 Å². The average molecular weight is 678 g/mol. The van der Waals surface area contributed by atoms with Gasteiger partial charge in [-0.3, -0.25) is 33.2 Å². The Morgan fingerprint density at radius 1 is 1.04 bits per heavy atom. The molecule has 4 amide bonds. The Labute approximate surface area is 282 Å². The minimum atomic E-state index is -1.27. The smallest absolute Gasteiger partial charge is 0.287 e. The number of aryl methyl sites for hydroxylation is 1. The van der Waals surface area contributed by atoms with Crippen molar-refractivity contribution in [1.29, 1.82) is 0 Å². The largest absolute Gasteiger partial charge is 0.351 e. The molecule has 14 heteroatoms. The Hall–Kier alpha value is -4.33. The van der Waals surface area contributed by atoms with Crippen LogP contribution in [0, 0.1) is 30.6 Å². The van der Waals surface area contributed by atoms with Crippen LogP contribution in [0.4, 0.5) is 5.69 Å². The number of pyridine rings is 1. The van der Waals surface area contributed by atoms with Gasteiger partial charge in [0, 0.05) is 35.8 Å². The van der Waals surface area contributed by atoms with E-state index in [1.54, 1.807) is 49.7 Å². The Bertz CT molecular complexity index is 1790. The fourth-order valence-electron chi connectivity index (χ4n) is 7.88. The fraction of sp³-hybridized carbons (Fsp3) is 0.559. The standard InChI is InChI=1S/C34H43N7O6S/c1-18-15-41-25(17-48-33(41)35-18)30(45)36-23(7-8-26(42)31(46)39-34(2,3)4)29(44)37-24-6-5-9-40(32(24)47)16-27(43)38-28-21-11-19-10-20(13-21)14-22(28)12-19/h5-6,9,15,17,19-23,28H,7-8,10-14,16H2,1-4H3,(H,36,45)(H,37,44)(H,38,43)(H,39,46)/t19?,20?,21?,22?,23-,28?/m0/s1. The number of rotatable bonds is 11. The maximum absolute atomic E-state index is 13.6. The van der Waals surface area contributed by atoms with E-state index >= 15 is 0 Å². The van der Waals surface area contributed by atoms with Crippen LogP contribution in [0.5, 0.6) is 0 Å². The molecule has 13 nitrogen and oxygen atoms in total. The number of aromatic nitrogens is 3. The summed E-state index contributed by atoms with van der Waals surface area (Å²) < 4.78 is 2.86. The molecule has 7 rings (SSSR count). The molecular weight excluding hydrogens is 634 g/mol. The molecule has 3 aromatic rings. The first-order chi connectivity index (χ1) is 22.7. The molecule has 3 aromatic heterocycles. The Morgan fingerprint density at radius 3 is 2.40 bits per heavy atom. The summed E-state index contributed by atoms with van der Waals surface area (Å²) in [6.07, 6.45) is 8.61. The van der Waals surface area contributed by atoms with Crippen molar-refractivity contribution in [1.82, 2.24) is 29.9 Å². The van der Waals surface area contributed by atoms with E-state index in [2.05, 4.69) is 26.3 Å². The molecular formula is C34H43N7O6S. The van der Waals surface area contributed by atoms with Crippen LogP contribution in [-0.2, 0) is 25.7 Å². The third-order valence-electron chi connectivity index (χ3n) is 9.73. The zero-order valence-electron chi connectivity index (χ0n) is 27.7. The highest BCUT2D eigenvalue weighted by Crippen LogP contribution is 2.53. The van der Waals surface area contributed by atoms with E-state index in [9.17, 15) is 28.8 Å². The van der Waals surface area contributed by atoms with Gasteiger partial charge in [0.2, 0.25) is 17.6 Å². The summed E-state index contributed by atoms with van der Waals surface area (Å²) in [4.78, 5) is 83.6. The molecule has 1 atom stereocenters. The number of imidazole rings is 1. The summed E-state index contributed by atoms with van der Waals surface area (Å²) in [5, 5.41) is 12.7. The maximum Gasteiger partial charge on any atom is 0.287 e. The topological polar surface area (TPSA) is 173 Å². The first-order valence-electron chi connectivity index (χ1n) is 16.6. The quantitative estimate of drug-likeness (QED) is 0.226. The van der Waals surface area contributed by atoms with Crippen molar-refractivity contribution >= 4 is 51.4 Å². The van der Waals surface area contributed by atoms with Gasteiger partial charge >= 0.3 is 0 Å². The van der Waals surface area contributed by atoms with Crippen molar-refractivity contribution < 1.29 is 24.0 Å². The van der Waals surface area contributed by atoms with E-state index in [0.29, 0.717) is 22.5 Å². The van der Waals surface area contributed by atoms with Crippen LogP contribution in [0.15, 0.2) is 34.7 Å². The zero-order chi connectivity index (χ0) is 34.3. The number of nitrogens with one attached hydrogen (secondary N) is 4. The van der Waals surface area contributed by atoms with Crippen molar-refractivity contribution in [3.63, 3.8) is 0 Å². The van der Waals surface area contributed by atoms with Crippen LogP contribution in [-0.4, -0.2) is 61.0 Å². The lowest BCUT2D eigenvalue weighted by atomic mass is 9.54. The number of fused-ring (bicyclic) bond motifs is 1. The number of hydrogen-bond donors (Lipinski definition) is 4. The lowest BCUT2D eigenvalue weighted by molar-refractivity contribution is -0.139. The van der Waals surface area contributed by atoms with Crippen LogP contribution >= 0.6 is 11.3 Å². The van der Waals surface area contributed by atoms with Crippen LogP contribution in [0.25, 0.3) is 4.96 Å². The summed E-state index contributed by atoms with van der Waals surface area (Å²) in [7, 11) is 0. The number of amides is 4. The molecule has 256 valence electrons. The van der Waals surface area contributed by atoms with Gasteiger partial charge in [-0.15, -0.1) is 11.3 Å². The molecule has 0 unspecified atom stereocenters. The second kappa shape index (κ2) is 13.3. The predicted octanol–water partition coefficient (Wildman–Crippen LogP) is 2.81. The van der Waals surface area contributed by atoms with Crippen molar-refractivity contribution in [2.45, 2.75) is 96.8 Å². The predicted molar refractivity (Wildman–Crippen MR) is 180 cm³/mol. The molecule has 4 saturated carbocycles. The summed E-state index contributed by atoms with van der Waals surface area (Å²) in [6, 6.07) is 1.85. The molecule has 0 spiro atoms.